The molecule has 0 aliphatic carbocycles. The third kappa shape index (κ3) is 3.38. The Morgan fingerprint density at radius 1 is 1.38 bits per heavy atom. The summed E-state index contributed by atoms with van der Waals surface area (Å²) in [5.41, 5.74) is 0.548. The van der Waals surface area contributed by atoms with Gasteiger partial charge in [0.25, 0.3) is 11.2 Å². The Morgan fingerprint density at radius 3 is 2.62 bits per heavy atom. The molecule has 0 amide bonds. The fourth-order valence-corrected chi connectivity index (χ4v) is 2.02. The monoisotopic (exact) mass is 309 g/mol. The topological polar surface area (TPSA) is 87.3 Å². The van der Waals surface area contributed by atoms with Crippen molar-refractivity contribution in [2.45, 2.75) is 13.0 Å². The number of halogens is 1. The summed E-state index contributed by atoms with van der Waals surface area (Å²) in [5, 5.41) is 10.6. The van der Waals surface area contributed by atoms with E-state index >= 15 is 0 Å². The highest BCUT2D eigenvalue weighted by Gasteiger charge is 2.10. The highest BCUT2D eigenvalue weighted by Crippen LogP contribution is 2.15. The second-order valence-corrected chi connectivity index (χ2v) is 4.60. The summed E-state index contributed by atoms with van der Waals surface area (Å²) >= 11 is 5.75. The normalized spacial score (nSPS) is 10.4. The summed E-state index contributed by atoms with van der Waals surface area (Å²) in [4.78, 5) is 26.0. The summed E-state index contributed by atoms with van der Waals surface area (Å²) < 4.78 is 6.29. The predicted octanol–water partition coefficient (Wildman–Crippen LogP) is 2.06. The SMILES string of the molecule is COc1c(Cl)ncn(CCc2ccc([N+](=O)[O-])cc2)c1=O. The second-order valence-electron chi connectivity index (χ2n) is 4.24. The molecular formula is C13H12ClN3O4. The molecule has 1 aromatic heterocycles. The van der Waals surface area contributed by atoms with Gasteiger partial charge in [0, 0.05) is 18.7 Å². The lowest BCUT2D eigenvalue weighted by Gasteiger charge is -2.08. The van der Waals surface area contributed by atoms with Gasteiger partial charge in [-0.3, -0.25) is 19.5 Å². The van der Waals surface area contributed by atoms with Crippen LogP contribution in [0.5, 0.6) is 5.75 Å². The molecular weight excluding hydrogens is 298 g/mol. The first-order valence-corrected chi connectivity index (χ1v) is 6.43. The maximum absolute atomic E-state index is 12.0. The maximum atomic E-state index is 12.0. The molecule has 1 heterocycles. The highest BCUT2D eigenvalue weighted by molar-refractivity contribution is 6.30. The van der Waals surface area contributed by atoms with E-state index in [-0.39, 0.29) is 22.1 Å². The maximum Gasteiger partial charge on any atom is 0.297 e. The molecule has 0 spiro atoms. The van der Waals surface area contributed by atoms with E-state index < -0.39 is 4.92 Å². The van der Waals surface area contributed by atoms with Crippen molar-refractivity contribution in [2.75, 3.05) is 7.11 Å². The Hall–Kier alpha value is -2.41. The fraction of sp³-hybridized carbons (Fsp3) is 0.231. The Kier molecular flexibility index (Phi) is 4.54. The van der Waals surface area contributed by atoms with E-state index in [0.717, 1.165) is 5.56 Å². The Balaban J connectivity index is 2.13. The number of rotatable bonds is 5. The number of benzene rings is 1. The van der Waals surface area contributed by atoms with Gasteiger partial charge < -0.3 is 4.74 Å². The second kappa shape index (κ2) is 6.36. The van der Waals surface area contributed by atoms with Crippen LogP contribution >= 0.6 is 11.6 Å². The van der Waals surface area contributed by atoms with Crippen molar-refractivity contribution in [2.24, 2.45) is 0 Å². The van der Waals surface area contributed by atoms with Gasteiger partial charge in [0.1, 0.15) is 0 Å². The van der Waals surface area contributed by atoms with Gasteiger partial charge >= 0.3 is 0 Å². The lowest BCUT2D eigenvalue weighted by atomic mass is 10.1. The van der Waals surface area contributed by atoms with Crippen LogP contribution < -0.4 is 10.3 Å². The molecule has 0 atom stereocenters. The number of ether oxygens (including phenoxy) is 1. The number of aryl methyl sites for hydroxylation is 2. The summed E-state index contributed by atoms with van der Waals surface area (Å²) in [6, 6.07) is 6.17. The quantitative estimate of drug-likeness (QED) is 0.479. The van der Waals surface area contributed by atoms with Gasteiger partial charge in [-0.05, 0) is 12.0 Å². The van der Waals surface area contributed by atoms with Crippen LogP contribution in [0, 0.1) is 10.1 Å². The molecule has 7 nitrogen and oxygen atoms in total. The van der Waals surface area contributed by atoms with Crippen LogP contribution in [0.1, 0.15) is 5.56 Å². The van der Waals surface area contributed by atoms with Crippen molar-refractivity contribution >= 4 is 17.3 Å². The number of nitrogens with zero attached hydrogens (tertiary/aromatic N) is 3. The van der Waals surface area contributed by atoms with E-state index in [0.29, 0.717) is 13.0 Å². The molecule has 0 saturated heterocycles. The summed E-state index contributed by atoms with van der Waals surface area (Å²) in [6.07, 6.45) is 1.88. The van der Waals surface area contributed by atoms with Gasteiger partial charge in [-0.15, -0.1) is 0 Å². The summed E-state index contributed by atoms with van der Waals surface area (Å²) in [5.74, 6) is 0.00265. The van der Waals surface area contributed by atoms with E-state index in [9.17, 15) is 14.9 Å². The Bertz CT molecular complexity index is 712. The Morgan fingerprint density at radius 2 is 2.05 bits per heavy atom. The van der Waals surface area contributed by atoms with Crippen molar-refractivity contribution in [3.63, 3.8) is 0 Å². The average molecular weight is 310 g/mol. The van der Waals surface area contributed by atoms with E-state index in [1.54, 1.807) is 12.1 Å². The van der Waals surface area contributed by atoms with Crippen molar-refractivity contribution < 1.29 is 9.66 Å². The molecule has 0 saturated carbocycles. The molecule has 0 bridgehead atoms. The van der Waals surface area contributed by atoms with Crippen molar-refractivity contribution in [1.82, 2.24) is 9.55 Å². The predicted molar refractivity (Wildman–Crippen MR) is 76.9 cm³/mol. The smallest absolute Gasteiger partial charge is 0.297 e. The molecule has 0 aliphatic heterocycles. The van der Waals surface area contributed by atoms with Gasteiger partial charge in [-0.1, -0.05) is 23.7 Å². The minimum absolute atomic E-state index is 0.00265. The highest BCUT2D eigenvalue weighted by atomic mass is 35.5. The molecule has 0 unspecified atom stereocenters. The zero-order valence-corrected chi connectivity index (χ0v) is 11.9. The molecule has 0 aliphatic rings. The van der Waals surface area contributed by atoms with Crippen LogP contribution in [0.2, 0.25) is 5.15 Å². The zero-order valence-electron chi connectivity index (χ0n) is 11.2. The third-order valence-corrected chi connectivity index (χ3v) is 3.21. The fourth-order valence-electron chi connectivity index (χ4n) is 1.81. The lowest BCUT2D eigenvalue weighted by Crippen LogP contribution is -2.23. The molecule has 0 radical (unpaired) electrons. The first-order chi connectivity index (χ1) is 10.0. The van der Waals surface area contributed by atoms with Crippen molar-refractivity contribution in [3.05, 3.63) is 61.8 Å². The van der Waals surface area contributed by atoms with E-state index in [1.165, 1.54) is 30.1 Å². The van der Waals surface area contributed by atoms with Crippen molar-refractivity contribution in [1.29, 1.82) is 0 Å². The number of nitro benzene ring substituents is 1. The number of hydrogen-bond donors (Lipinski definition) is 0. The van der Waals surface area contributed by atoms with Crippen LogP contribution in [0.4, 0.5) is 5.69 Å². The molecule has 21 heavy (non-hydrogen) atoms. The summed E-state index contributed by atoms with van der Waals surface area (Å²) in [6.45, 7) is 0.372. The van der Waals surface area contributed by atoms with Gasteiger partial charge in [0.15, 0.2) is 5.15 Å². The number of methoxy groups -OCH3 is 1. The minimum atomic E-state index is -0.456. The standard InChI is InChI=1S/C13H12ClN3O4/c1-21-11-12(14)15-8-16(13(11)18)7-6-9-2-4-10(5-3-9)17(19)20/h2-5,8H,6-7H2,1H3. The zero-order chi connectivity index (χ0) is 15.4. The van der Waals surface area contributed by atoms with Crippen molar-refractivity contribution in [3.8, 4) is 5.75 Å². The third-order valence-electron chi connectivity index (χ3n) is 2.95. The molecule has 2 aromatic rings. The lowest BCUT2D eigenvalue weighted by molar-refractivity contribution is -0.384. The van der Waals surface area contributed by atoms with Crippen LogP contribution in [-0.4, -0.2) is 21.6 Å². The van der Waals surface area contributed by atoms with Gasteiger partial charge in [-0.2, -0.15) is 0 Å². The number of nitro groups is 1. The molecule has 0 fully saturated rings. The van der Waals surface area contributed by atoms with Gasteiger partial charge in [-0.25, -0.2) is 4.98 Å². The number of non-ortho nitro benzene ring substituents is 1. The first kappa shape index (κ1) is 15.0. The van der Waals surface area contributed by atoms with Gasteiger partial charge in [0.05, 0.1) is 18.4 Å². The van der Waals surface area contributed by atoms with E-state index in [1.807, 2.05) is 0 Å². The summed E-state index contributed by atoms with van der Waals surface area (Å²) in [7, 11) is 1.35. The van der Waals surface area contributed by atoms with Gasteiger partial charge in [0.2, 0.25) is 5.75 Å². The number of aromatic nitrogens is 2. The van der Waals surface area contributed by atoms with Crippen LogP contribution in [0.15, 0.2) is 35.4 Å². The Labute approximate surface area is 124 Å². The molecule has 110 valence electrons. The van der Waals surface area contributed by atoms with Crippen LogP contribution in [-0.2, 0) is 13.0 Å². The molecule has 1 aromatic carbocycles. The molecule has 0 N–H and O–H groups in total. The number of hydrogen-bond acceptors (Lipinski definition) is 5. The van der Waals surface area contributed by atoms with E-state index in [4.69, 9.17) is 16.3 Å². The van der Waals surface area contributed by atoms with E-state index in [2.05, 4.69) is 4.98 Å². The first-order valence-electron chi connectivity index (χ1n) is 6.05. The average Bonchev–Trinajstić information content (AvgIpc) is 2.47. The molecule has 2 rings (SSSR count). The minimum Gasteiger partial charge on any atom is -0.489 e. The molecule has 8 heteroatoms. The largest absolute Gasteiger partial charge is 0.489 e. The van der Waals surface area contributed by atoms with Crippen LogP contribution in [0.25, 0.3) is 0 Å². The van der Waals surface area contributed by atoms with Crippen LogP contribution in [0.3, 0.4) is 0 Å².